The molecule has 0 radical (unpaired) electrons. The zero-order valence-corrected chi connectivity index (χ0v) is 21.1. The van der Waals surface area contributed by atoms with Crippen LogP contribution in [0.1, 0.15) is 57.2 Å². The summed E-state index contributed by atoms with van der Waals surface area (Å²) in [4.78, 5) is 24.0. The maximum atomic E-state index is 12.1. The van der Waals surface area contributed by atoms with Crippen molar-refractivity contribution in [1.82, 2.24) is 0 Å². The van der Waals surface area contributed by atoms with Crippen LogP contribution in [-0.2, 0) is 19.1 Å². The smallest absolute Gasteiger partial charge is 0.334 e. The van der Waals surface area contributed by atoms with E-state index >= 15 is 0 Å². The molecule has 0 amide bonds. The Morgan fingerprint density at radius 2 is 1.60 bits per heavy atom. The summed E-state index contributed by atoms with van der Waals surface area (Å²) in [7, 11) is 0. The Bertz CT molecular complexity index is 1080. The summed E-state index contributed by atoms with van der Waals surface area (Å²) in [6.07, 6.45) is 0.244. The van der Waals surface area contributed by atoms with Crippen LogP contribution in [-0.4, -0.2) is 42.5 Å². The first kappa shape index (κ1) is 27.7. The number of cyclic esters (lactones) is 1. The quantitative estimate of drug-likeness (QED) is 0.351. The summed E-state index contributed by atoms with van der Waals surface area (Å²) in [5.74, 6) is 5.87. The molecular formula is C29H34O6. The van der Waals surface area contributed by atoms with Crippen molar-refractivity contribution >= 4 is 11.9 Å². The SMILES string of the molecule is CC.CC(C)=C1CC(CO)(COC(=O)CCOc2ccc(C#Cc3ccc(C)cc3)cc2)OC1=O. The molecule has 0 aromatic heterocycles. The molecule has 1 heterocycles. The zero-order valence-electron chi connectivity index (χ0n) is 21.1. The first-order valence-corrected chi connectivity index (χ1v) is 11.8. The van der Waals surface area contributed by atoms with Gasteiger partial charge in [0.25, 0.3) is 0 Å². The van der Waals surface area contributed by atoms with E-state index in [1.54, 1.807) is 26.0 Å². The molecule has 0 saturated carbocycles. The monoisotopic (exact) mass is 478 g/mol. The van der Waals surface area contributed by atoms with Gasteiger partial charge in [0.1, 0.15) is 12.4 Å². The van der Waals surface area contributed by atoms with Crippen LogP contribution in [0, 0.1) is 18.8 Å². The van der Waals surface area contributed by atoms with Crippen LogP contribution < -0.4 is 4.74 Å². The molecule has 2 aromatic carbocycles. The summed E-state index contributed by atoms with van der Waals surface area (Å²) in [6.45, 7) is 9.16. The number of aliphatic hydroxyl groups excluding tert-OH is 1. The van der Waals surface area contributed by atoms with Gasteiger partial charge < -0.3 is 19.3 Å². The molecule has 35 heavy (non-hydrogen) atoms. The van der Waals surface area contributed by atoms with Crippen LogP contribution in [0.3, 0.4) is 0 Å². The lowest BCUT2D eigenvalue weighted by atomic mass is 9.97. The largest absolute Gasteiger partial charge is 0.493 e. The molecule has 1 aliphatic heterocycles. The number of aryl methyl sites for hydroxylation is 1. The summed E-state index contributed by atoms with van der Waals surface area (Å²) >= 11 is 0. The van der Waals surface area contributed by atoms with Gasteiger partial charge in [0, 0.05) is 23.1 Å². The molecular weight excluding hydrogens is 444 g/mol. The van der Waals surface area contributed by atoms with Crippen LogP contribution in [0.25, 0.3) is 0 Å². The van der Waals surface area contributed by atoms with E-state index in [9.17, 15) is 14.7 Å². The van der Waals surface area contributed by atoms with Gasteiger partial charge in [0.05, 0.1) is 19.6 Å². The van der Waals surface area contributed by atoms with Gasteiger partial charge in [-0.3, -0.25) is 4.79 Å². The fourth-order valence-electron chi connectivity index (χ4n) is 3.24. The number of benzene rings is 2. The fraction of sp³-hybridized carbons (Fsp3) is 0.379. The van der Waals surface area contributed by atoms with Crippen LogP contribution in [0.2, 0.25) is 0 Å². The molecule has 1 unspecified atom stereocenters. The van der Waals surface area contributed by atoms with E-state index in [4.69, 9.17) is 14.2 Å². The summed E-state index contributed by atoms with van der Waals surface area (Å²) in [5, 5.41) is 9.68. The first-order chi connectivity index (χ1) is 16.8. The number of carbonyl (C=O) groups is 2. The highest BCUT2D eigenvalue weighted by Gasteiger charge is 2.45. The average Bonchev–Trinajstić information content (AvgIpc) is 3.22. The topological polar surface area (TPSA) is 82.1 Å². The van der Waals surface area contributed by atoms with Crippen molar-refractivity contribution < 1.29 is 28.9 Å². The highest BCUT2D eigenvalue weighted by molar-refractivity contribution is 5.92. The van der Waals surface area contributed by atoms with Crippen LogP contribution >= 0.6 is 0 Å². The first-order valence-electron chi connectivity index (χ1n) is 11.8. The molecule has 0 spiro atoms. The maximum absolute atomic E-state index is 12.1. The third-order valence-corrected chi connectivity index (χ3v) is 5.27. The molecule has 1 saturated heterocycles. The molecule has 186 valence electrons. The molecule has 0 bridgehead atoms. The normalized spacial score (nSPS) is 16.3. The second kappa shape index (κ2) is 13.4. The maximum Gasteiger partial charge on any atom is 0.334 e. The number of carbonyl (C=O) groups excluding carboxylic acids is 2. The minimum Gasteiger partial charge on any atom is -0.493 e. The summed E-state index contributed by atoms with van der Waals surface area (Å²) in [5.41, 5.74) is 3.12. The Hall–Kier alpha value is -3.56. The van der Waals surface area contributed by atoms with Crippen LogP contribution in [0.15, 0.2) is 59.7 Å². The standard InChI is InChI=1S/C27H28O6.C2H6/c1-19(2)24-16-27(17-28,33-26(24)30)18-32-25(29)14-15-31-23-12-10-22(11-13-23)9-8-21-6-4-20(3)5-7-21;1-2/h4-7,10-13,28H,14-18H2,1-3H3;1-2H3. The van der Waals surface area contributed by atoms with Gasteiger partial charge >= 0.3 is 11.9 Å². The molecule has 1 atom stereocenters. The third kappa shape index (κ3) is 8.31. The third-order valence-electron chi connectivity index (χ3n) is 5.27. The van der Waals surface area contributed by atoms with E-state index in [1.165, 1.54) is 5.56 Å². The molecule has 1 aliphatic rings. The van der Waals surface area contributed by atoms with Crippen LogP contribution in [0.5, 0.6) is 5.75 Å². The van der Waals surface area contributed by atoms with Gasteiger partial charge in [-0.15, -0.1) is 0 Å². The fourth-order valence-corrected chi connectivity index (χ4v) is 3.24. The lowest BCUT2D eigenvalue weighted by Gasteiger charge is -2.24. The molecule has 0 aliphatic carbocycles. The van der Waals surface area contributed by atoms with Gasteiger partial charge in [-0.05, 0) is 57.2 Å². The molecule has 1 fully saturated rings. The van der Waals surface area contributed by atoms with E-state index in [-0.39, 0.29) is 26.1 Å². The van der Waals surface area contributed by atoms with Gasteiger partial charge in [0.2, 0.25) is 0 Å². The van der Waals surface area contributed by atoms with Crippen molar-refractivity contribution in [3.8, 4) is 17.6 Å². The minimum atomic E-state index is -1.21. The Morgan fingerprint density at radius 3 is 2.11 bits per heavy atom. The predicted molar refractivity (Wildman–Crippen MR) is 135 cm³/mol. The minimum absolute atomic E-state index is 0.0277. The van der Waals surface area contributed by atoms with Crippen molar-refractivity contribution in [2.45, 2.75) is 53.1 Å². The number of esters is 2. The molecule has 6 heteroatoms. The Balaban J connectivity index is 0.00000210. The predicted octanol–water partition coefficient (Wildman–Crippen LogP) is 4.75. The van der Waals surface area contributed by atoms with Crippen molar-refractivity contribution in [3.05, 3.63) is 76.4 Å². The van der Waals surface area contributed by atoms with E-state index in [1.807, 2.05) is 57.2 Å². The van der Waals surface area contributed by atoms with Crippen molar-refractivity contribution in [2.24, 2.45) is 0 Å². The van der Waals surface area contributed by atoms with Gasteiger partial charge in [-0.25, -0.2) is 4.79 Å². The van der Waals surface area contributed by atoms with E-state index in [2.05, 4.69) is 11.8 Å². The van der Waals surface area contributed by atoms with Gasteiger partial charge in [0.15, 0.2) is 5.60 Å². The summed E-state index contributed by atoms with van der Waals surface area (Å²) < 4.78 is 16.1. The number of aliphatic hydroxyl groups is 1. The Labute approximate surface area is 207 Å². The highest BCUT2D eigenvalue weighted by Crippen LogP contribution is 2.32. The second-order valence-electron chi connectivity index (χ2n) is 8.29. The second-order valence-corrected chi connectivity index (χ2v) is 8.29. The van der Waals surface area contributed by atoms with Crippen molar-refractivity contribution in [2.75, 3.05) is 19.8 Å². The average molecular weight is 479 g/mol. The van der Waals surface area contributed by atoms with E-state index in [0.717, 1.165) is 16.7 Å². The van der Waals surface area contributed by atoms with Gasteiger partial charge in [-0.2, -0.15) is 0 Å². The number of rotatable bonds is 7. The van der Waals surface area contributed by atoms with Crippen LogP contribution in [0.4, 0.5) is 0 Å². The van der Waals surface area contributed by atoms with E-state index < -0.39 is 24.1 Å². The number of allylic oxidation sites excluding steroid dienone is 1. The Morgan fingerprint density at radius 1 is 1.03 bits per heavy atom. The zero-order chi connectivity index (χ0) is 25.8. The molecule has 6 nitrogen and oxygen atoms in total. The van der Waals surface area contributed by atoms with Gasteiger partial charge in [-0.1, -0.05) is 49.0 Å². The number of ether oxygens (including phenoxy) is 3. The van der Waals surface area contributed by atoms with Crippen molar-refractivity contribution in [1.29, 1.82) is 0 Å². The van der Waals surface area contributed by atoms with Crippen molar-refractivity contribution in [3.63, 3.8) is 0 Å². The number of hydrogen-bond donors (Lipinski definition) is 1. The Kier molecular flexibility index (Phi) is 10.6. The van der Waals surface area contributed by atoms with E-state index in [0.29, 0.717) is 11.3 Å². The molecule has 2 aromatic rings. The number of hydrogen-bond acceptors (Lipinski definition) is 6. The molecule has 3 rings (SSSR count). The lowest BCUT2D eigenvalue weighted by molar-refractivity contribution is -0.166. The highest BCUT2D eigenvalue weighted by atomic mass is 16.6. The molecule has 1 N–H and O–H groups in total. The lowest BCUT2D eigenvalue weighted by Crippen LogP contribution is -2.39. The summed E-state index contributed by atoms with van der Waals surface area (Å²) in [6, 6.07) is 15.3.